The lowest BCUT2D eigenvalue weighted by atomic mass is 10.3. The number of carbonyl (C=O) groups excluding carboxylic acids is 1. The third-order valence-corrected chi connectivity index (χ3v) is 4.47. The van der Waals surface area contributed by atoms with Crippen LogP contribution in [0.4, 0.5) is 0 Å². The topological polar surface area (TPSA) is 64.7 Å². The third-order valence-electron chi connectivity index (χ3n) is 3.61. The highest BCUT2D eigenvalue weighted by Gasteiger charge is 2.21. The van der Waals surface area contributed by atoms with Crippen LogP contribution in [0.15, 0.2) is 6.20 Å². The van der Waals surface area contributed by atoms with E-state index in [1.165, 1.54) is 0 Å². The molecule has 1 N–H and O–H groups in total. The van der Waals surface area contributed by atoms with Crippen molar-refractivity contribution in [1.29, 1.82) is 0 Å². The van der Waals surface area contributed by atoms with Gasteiger partial charge in [0, 0.05) is 6.54 Å². The van der Waals surface area contributed by atoms with Gasteiger partial charge in [-0.1, -0.05) is 23.2 Å². The molecule has 0 fully saturated rings. The van der Waals surface area contributed by atoms with Crippen LogP contribution in [0.3, 0.4) is 0 Å². The Bertz CT molecular complexity index is 692. The van der Waals surface area contributed by atoms with E-state index in [0.717, 1.165) is 11.4 Å². The maximum Gasteiger partial charge on any atom is 0.244 e. The van der Waals surface area contributed by atoms with Crippen molar-refractivity contribution in [3.63, 3.8) is 0 Å². The van der Waals surface area contributed by atoms with E-state index in [4.69, 9.17) is 23.2 Å². The maximum atomic E-state index is 12.3. The first-order valence-corrected chi connectivity index (χ1v) is 7.81. The summed E-state index contributed by atoms with van der Waals surface area (Å²) >= 11 is 12.2. The van der Waals surface area contributed by atoms with Gasteiger partial charge in [-0.15, -0.1) is 0 Å². The van der Waals surface area contributed by atoms with Crippen molar-refractivity contribution >= 4 is 29.1 Å². The fourth-order valence-corrected chi connectivity index (χ4v) is 2.62. The molecule has 2 rings (SSSR count). The number of nitrogens with zero attached hydrogens (tertiary/aromatic N) is 4. The van der Waals surface area contributed by atoms with Crippen LogP contribution in [-0.4, -0.2) is 25.5 Å². The van der Waals surface area contributed by atoms with Gasteiger partial charge in [0.05, 0.1) is 39.9 Å². The third kappa shape index (κ3) is 3.13. The first-order valence-electron chi connectivity index (χ1n) is 7.05. The van der Waals surface area contributed by atoms with Crippen molar-refractivity contribution in [2.45, 2.75) is 46.8 Å². The quantitative estimate of drug-likeness (QED) is 0.907. The second-order valence-electron chi connectivity index (χ2n) is 5.08. The van der Waals surface area contributed by atoms with E-state index in [9.17, 15) is 4.79 Å². The Morgan fingerprint density at radius 2 is 2.09 bits per heavy atom. The predicted molar refractivity (Wildman–Crippen MR) is 86.2 cm³/mol. The molecule has 8 heteroatoms. The summed E-state index contributed by atoms with van der Waals surface area (Å²) in [7, 11) is 0. The fraction of sp³-hybridized carbons (Fsp3) is 0.500. The molecule has 0 radical (unpaired) electrons. The average Bonchev–Trinajstić information content (AvgIpc) is 2.98. The van der Waals surface area contributed by atoms with E-state index in [1.807, 2.05) is 20.8 Å². The van der Waals surface area contributed by atoms with Crippen LogP contribution in [0.25, 0.3) is 0 Å². The van der Waals surface area contributed by atoms with Gasteiger partial charge in [0.15, 0.2) is 0 Å². The first kappa shape index (κ1) is 16.8. The molecule has 0 aliphatic heterocycles. The molecule has 0 saturated heterocycles. The lowest BCUT2D eigenvalue weighted by Crippen LogP contribution is -2.32. The van der Waals surface area contributed by atoms with Crippen molar-refractivity contribution < 1.29 is 4.79 Å². The lowest BCUT2D eigenvalue weighted by Gasteiger charge is -2.15. The summed E-state index contributed by atoms with van der Waals surface area (Å²) < 4.78 is 3.39. The lowest BCUT2D eigenvalue weighted by molar-refractivity contribution is -0.124. The van der Waals surface area contributed by atoms with Crippen molar-refractivity contribution in [2.24, 2.45) is 0 Å². The summed E-state index contributed by atoms with van der Waals surface area (Å²) in [5.74, 6) is -0.151. The minimum atomic E-state index is -0.456. The van der Waals surface area contributed by atoms with Crippen LogP contribution >= 0.6 is 23.2 Å². The summed E-state index contributed by atoms with van der Waals surface area (Å²) in [4.78, 5) is 12.3. The molecule has 0 aliphatic carbocycles. The molecule has 6 nitrogen and oxygen atoms in total. The second-order valence-corrected chi connectivity index (χ2v) is 5.86. The summed E-state index contributed by atoms with van der Waals surface area (Å²) in [5, 5.41) is 12.5. The largest absolute Gasteiger partial charge is 0.349 e. The predicted octanol–water partition coefficient (Wildman–Crippen LogP) is 2.90. The highest BCUT2D eigenvalue weighted by Crippen LogP contribution is 2.22. The van der Waals surface area contributed by atoms with E-state index < -0.39 is 6.04 Å². The van der Waals surface area contributed by atoms with E-state index in [2.05, 4.69) is 15.5 Å². The molecule has 120 valence electrons. The smallest absolute Gasteiger partial charge is 0.244 e. The SMILES string of the molecule is CCn1ncc(Cl)c1CNC(=O)C(C)n1nc(C)c(Cl)c1C. The Morgan fingerprint density at radius 3 is 2.64 bits per heavy atom. The van der Waals surface area contributed by atoms with Gasteiger partial charge in [-0.25, -0.2) is 0 Å². The van der Waals surface area contributed by atoms with E-state index >= 15 is 0 Å². The number of amides is 1. The summed E-state index contributed by atoms with van der Waals surface area (Å²) in [6.45, 7) is 8.42. The average molecular weight is 344 g/mol. The molecular formula is C14H19Cl2N5O. The first-order chi connectivity index (χ1) is 10.4. The van der Waals surface area contributed by atoms with Crippen LogP contribution < -0.4 is 5.32 Å². The Morgan fingerprint density at radius 1 is 1.41 bits per heavy atom. The van der Waals surface area contributed by atoms with E-state index in [1.54, 1.807) is 22.5 Å². The number of aryl methyl sites for hydroxylation is 2. The van der Waals surface area contributed by atoms with Crippen molar-refractivity contribution in [3.05, 3.63) is 33.3 Å². The molecule has 0 aliphatic rings. The van der Waals surface area contributed by atoms with Crippen LogP contribution in [0.5, 0.6) is 0 Å². The molecular weight excluding hydrogens is 325 g/mol. The van der Waals surface area contributed by atoms with Gasteiger partial charge in [-0.3, -0.25) is 14.2 Å². The maximum absolute atomic E-state index is 12.3. The summed E-state index contributed by atoms with van der Waals surface area (Å²) in [5.41, 5.74) is 2.28. The standard InChI is InChI=1S/C14H19Cl2N5O/c1-5-20-12(11(15)6-18-20)7-17-14(22)10(4)21-9(3)13(16)8(2)19-21/h6,10H,5,7H2,1-4H3,(H,17,22). The van der Waals surface area contributed by atoms with Crippen LogP contribution in [0.1, 0.15) is 37.0 Å². The second kappa shape index (κ2) is 6.71. The molecule has 0 spiro atoms. The number of halogens is 2. The number of rotatable bonds is 5. The molecule has 2 heterocycles. The number of carbonyl (C=O) groups is 1. The molecule has 22 heavy (non-hydrogen) atoms. The van der Waals surface area contributed by atoms with Gasteiger partial charge < -0.3 is 5.32 Å². The Hall–Kier alpha value is -1.53. The Labute approximate surface area is 139 Å². The number of hydrogen-bond donors (Lipinski definition) is 1. The van der Waals surface area contributed by atoms with Crippen LogP contribution in [0, 0.1) is 13.8 Å². The summed E-state index contributed by atoms with van der Waals surface area (Å²) in [6, 6.07) is -0.456. The fourth-order valence-electron chi connectivity index (χ4n) is 2.29. The van der Waals surface area contributed by atoms with Crippen LogP contribution in [0.2, 0.25) is 10.0 Å². The zero-order valence-corrected chi connectivity index (χ0v) is 14.5. The minimum Gasteiger partial charge on any atom is -0.349 e. The van der Waals surface area contributed by atoms with Crippen molar-refractivity contribution in [3.8, 4) is 0 Å². The van der Waals surface area contributed by atoms with Gasteiger partial charge in [0.2, 0.25) is 5.91 Å². The Balaban J connectivity index is 2.09. The van der Waals surface area contributed by atoms with E-state index in [-0.39, 0.29) is 5.91 Å². The van der Waals surface area contributed by atoms with Gasteiger partial charge in [-0.05, 0) is 27.7 Å². The monoisotopic (exact) mass is 343 g/mol. The number of aromatic nitrogens is 4. The zero-order valence-electron chi connectivity index (χ0n) is 13.0. The molecule has 2 aromatic rings. The molecule has 0 aromatic carbocycles. The molecule has 0 bridgehead atoms. The van der Waals surface area contributed by atoms with Crippen molar-refractivity contribution in [1.82, 2.24) is 24.9 Å². The molecule has 1 atom stereocenters. The number of nitrogens with one attached hydrogen (secondary N) is 1. The summed E-state index contributed by atoms with van der Waals surface area (Å²) in [6.07, 6.45) is 1.58. The normalized spacial score (nSPS) is 12.5. The highest BCUT2D eigenvalue weighted by atomic mass is 35.5. The minimum absolute atomic E-state index is 0.151. The van der Waals surface area contributed by atoms with Gasteiger partial charge in [-0.2, -0.15) is 10.2 Å². The van der Waals surface area contributed by atoms with Gasteiger partial charge in [0.1, 0.15) is 6.04 Å². The number of hydrogen-bond acceptors (Lipinski definition) is 3. The molecule has 1 unspecified atom stereocenters. The molecule has 2 aromatic heterocycles. The van der Waals surface area contributed by atoms with Crippen LogP contribution in [-0.2, 0) is 17.9 Å². The highest BCUT2D eigenvalue weighted by molar-refractivity contribution is 6.32. The van der Waals surface area contributed by atoms with Crippen molar-refractivity contribution in [2.75, 3.05) is 0 Å². The van der Waals surface area contributed by atoms with E-state index in [0.29, 0.717) is 28.8 Å². The zero-order chi connectivity index (χ0) is 16.4. The molecule has 1 amide bonds. The van der Waals surface area contributed by atoms with Gasteiger partial charge >= 0.3 is 0 Å². The Kier molecular flexibility index (Phi) is 5.13. The van der Waals surface area contributed by atoms with Gasteiger partial charge in [0.25, 0.3) is 0 Å². The molecule has 0 saturated carbocycles.